The van der Waals surface area contributed by atoms with E-state index in [9.17, 15) is 20.0 Å². The first-order valence-corrected chi connectivity index (χ1v) is 6.95. The van der Waals surface area contributed by atoms with Gasteiger partial charge in [-0.25, -0.2) is 4.98 Å². The molecule has 0 spiro atoms. The molecule has 1 aliphatic carbocycles. The number of nitro groups is 1. The summed E-state index contributed by atoms with van der Waals surface area (Å²) in [5.41, 5.74) is -0.358. The van der Waals surface area contributed by atoms with Gasteiger partial charge in [-0.1, -0.05) is 12.8 Å². The second-order valence-electron chi connectivity index (χ2n) is 5.80. The van der Waals surface area contributed by atoms with Crippen LogP contribution in [0.3, 0.4) is 0 Å². The minimum Gasteiger partial charge on any atom is -0.481 e. The summed E-state index contributed by atoms with van der Waals surface area (Å²) in [5, 5.41) is 23.6. The van der Waals surface area contributed by atoms with Gasteiger partial charge in [0, 0.05) is 18.3 Å². The lowest BCUT2D eigenvalue weighted by molar-refractivity contribution is -0.384. The zero-order valence-electron chi connectivity index (χ0n) is 12.1. The second-order valence-corrected chi connectivity index (χ2v) is 5.80. The molecule has 1 aromatic rings. The molecule has 2 N–H and O–H groups in total. The lowest BCUT2D eigenvalue weighted by Crippen LogP contribution is -2.46. The molecule has 2 rings (SSSR count). The highest BCUT2D eigenvalue weighted by molar-refractivity contribution is 5.76. The number of carboxylic acids is 1. The number of aromatic nitrogens is 1. The predicted molar refractivity (Wildman–Crippen MR) is 77.2 cm³/mol. The summed E-state index contributed by atoms with van der Waals surface area (Å²) in [7, 11) is 0. The van der Waals surface area contributed by atoms with E-state index in [2.05, 4.69) is 10.3 Å². The number of hydrogen-bond donors (Lipinski definition) is 2. The summed E-state index contributed by atoms with van der Waals surface area (Å²) >= 11 is 0. The molecule has 1 heterocycles. The molecule has 0 amide bonds. The van der Waals surface area contributed by atoms with E-state index >= 15 is 0 Å². The van der Waals surface area contributed by atoms with E-state index in [1.165, 1.54) is 12.3 Å². The third kappa shape index (κ3) is 2.96. The van der Waals surface area contributed by atoms with Crippen molar-refractivity contribution in [2.75, 3.05) is 5.32 Å². The Bertz CT molecular complexity index is 575. The van der Waals surface area contributed by atoms with E-state index in [4.69, 9.17) is 0 Å². The number of nitrogens with one attached hydrogen (secondary N) is 1. The first-order chi connectivity index (χ1) is 9.84. The fraction of sp³-hybridized carbons (Fsp3) is 0.571. The largest absolute Gasteiger partial charge is 0.481 e. The van der Waals surface area contributed by atoms with Crippen LogP contribution in [0.1, 0.15) is 38.2 Å². The minimum absolute atomic E-state index is 0.117. The molecular weight excluding hydrogens is 274 g/mol. The van der Waals surface area contributed by atoms with Gasteiger partial charge in [0.25, 0.3) is 0 Å². The highest BCUT2D eigenvalue weighted by Crippen LogP contribution is 2.39. The van der Waals surface area contributed by atoms with Gasteiger partial charge in [0.1, 0.15) is 0 Å². The average Bonchev–Trinajstić information content (AvgIpc) is 2.42. The molecule has 2 atom stereocenters. The number of pyridine rings is 1. The number of aliphatic carboxylic acids is 1. The third-order valence-electron chi connectivity index (χ3n) is 4.21. The Morgan fingerprint density at radius 3 is 2.90 bits per heavy atom. The van der Waals surface area contributed by atoms with Crippen molar-refractivity contribution in [3.05, 3.63) is 27.9 Å². The molecule has 0 aromatic carbocycles. The van der Waals surface area contributed by atoms with Gasteiger partial charge in [-0.2, -0.15) is 0 Å². The highest BCUT2D eigenvalue weighted by Gasteiger charge is 2.43. The van der Waals surface area contributed by atoms with Crippen molar-refractivity contribution in [1.82, 2.24) is 4.98 Å². The molecule has 1 aromatic heterocycles. The van der Waals surface area contributed by atoms with E-state index in [1.807, 2.05) is 0 Å². The van der Waals surface area contributed by atoms with Crippen LogP contribution >= 0.6 is 0 Å². The van der Waals surface area contributed by atoms with Crippen molar-refractivity contribution in [3.63, 3.8) is 0 Å². The van der Waals surface area contributed by atoms with Crippen LogP contribution in [0.2, 0.25) is 0 Å². The lowest BCUT2D eigenvalue weighted by Gasteiger charge is -2.38. The van der Waals surface area contributed by atoms with Gasteiger partial charge in [0.2, 0.25) is 5.82 Å². The van der Waals surface area contributed by atoms with Gasteiger partial charge < -0.3 is 10.4 Å². The van der Waals surface area contributed by atoms with Gasteiger partial charge in [-0.15, -0.1) is 0 Å². The molecule has 1 aliphatic rings. The van der Waals surface area contributed by atoms with Crippen LogP contribution in [0.25, 0.3) is 0 Å². The molecule has 0 bridgehead atoms. The Morgan fingerprint density at radius 2 is 2.29 bits per heavy atom. The molecule has 7 heteroatoms. The maximum absolute atomic E-state index is 11.6. The van der Waals surface area contributed by atoms with Gasteiger partial charge in [0.15, 0.2) is 0 Å². The SMILES string of the molecule is Cc1cnc(NC2CCCCC2(C)C(=O)O)c([N+](=O)[O-])c1. The molecule has 0 saturated heterocycles. The van der Waals surface area contributed by atoms with Crippen molar-refractivity contribution >= 4 is 17.5 Å². The monoisotopic (exact) mass is 293 g/mol. The standard InChI is InChI=1S/C14H19N3O4/c1-9-7-10(17(20)21)12(15-8-9)16-11-5-3-4-6-14(11,2)13(18)19/h7-8,11H,3-6H2,1-2H3,(H,15,16)(H,18,19). The third-order valence-corrected chi connectivity index (χ3v) is 4.21. The molecule has 1 fully saturated rings. The van der Waals surface area contributed by atoms with Crippen molar-refractivity contribution < 1.29 is 14.8 Å². The van der Waals surface area contributed by atoms with Crippen LogP contribution in [-0.4, -0.2) is 27.0 Å². The van der Waals surface area contributed by atoms with E-state index in [1.54, 1.807) is 13.8 Å². The van der Waals surface area contributed by atoms with Crippen molar-refractivity contribution in [2.45, 2.75) is 45.6 Å². The first kappa shape index (κ1) is 15.2. The van der Waals surface area contributed by atoms with E-state index < -0.39 is 16.3 Å². The van der Waals surface area contributed by atoms with Crippen LogP contribution in [0.15, 0.2) is 12.3 Å². The van der Waals surface area contributed by atoms with Crippen molar-refractivity contribution in [3.8, 4) is 0 Å². The van der Waals surface area contributed by atoms with Crippen LogP contribution < -0.4 is 5.32 Å². The summed E-state index contributed by atoms with van der Waals surface area (Å²) in [5.74, 6) is -0.737. The van der Waals surface area contributed by atoms with Gasteiger partial charge in [-0.3, -0.25) is 14.9 Å². The molecule has 21 heavy (non-hydrogen) atoms. The minimum atomic E-state index is -0.932. The van der Waals surface area contributed by atoms with Crippen LogP contribution in [0, 0.1) is 22.5 Å². The van der Waals surface area contributed by atoms with Crippen LogP contribution in [0.4, 0.5) is 11.5 Å². The number of carboxylic acid groups (broad SMARTS) is 1. The zero-order valence-corrected chi connectivity index (χ0v) is 12.1. The molecular formula is C14H19N3O4. The van der Waals surface area contributed by atoms with Crippen LogP contribution in [0.5, 0.6) is 0 Å². The number of carbonyl (C=O) groups is 1. The fourth-order valence-electron chi connectivity index (χ4n) is 2.79. The average molecular weight is 293 g/mol. The topological polar surface area (TPSA) is 105 Å². The summed E-state index contributed by atoms with van der Waals surface area (Å²) in [6.45, 7) is 3.41. The molecule has 114 valence electrons. The van der Waals surface area contributed by atoms with Gasteiger partial charge >= 0.3 is 11.7 Å². The summed E-state index contributed by atoms with van der Waals surface area (Å²) < 4.78 is 0. The number of nitrogens with zero attached hydrogens (tertiary/aromatic N) is 2. The summed E-state index contributed by atoms with van der Waals surface area (Å²) in [6.07, 6.45) is 4.51. The first-order valence-electron chi connectivity index (χ1n) is 6.95. The van der Waals surface area contributed by atoms with Crippen molar-refractivity contribution in [2.24, 2.45) is 5.41 Å². The molecule has 0 radical (unpaired) electrons. The molecule has 7 nitrogen and oxygen atoms in total. The molecule has 2 unspecified atom stereocenters. The van der Waals surface area contributed by atoms with E-state index in [0.717, 1.165) is 12.8 Å². The van der Waals surface area contributed by atoms with Crippen molar-refractivity contribution in [1.29, 1.82) is 0 Å². The number of anilines is 1. The Morgan fingerprint density at radius 1 is 1.57 bits per heavy atom. The highest BCUT2D eigenvalue weighted by atomic mass is 16.6. The van der Waals surface area contributed by atoms with Gasteiger partial charge in [-0.05, 0) is 32.3 Å². The Labute approximate surface area is 122 Å². The molecule has 0 aliphatic heterocycles. The molecule has 1 saturated carbocycles. The zero-order chi connectivity index (χ0) is 15.6. The van der Waals surface area contributed by atoms with E-state index in [0.29, 0.717) is 18.4 Å². The summed E-state index contributed by atoms with van der Waals surface area (Å²) in [6, 6.07) is 1.08. The maximum Gasteiger partial charge on any atom is 0.311 e. The quantitative estimate of drug-likeness (QED) is 0.653. The van der Waals surface area contributed by atoms with Crippen LogP contribution in [-0.2, 0) is 4.79 Å². The lowest BCUT2D eigenvalue weighted by atomic mass is 9.71. The second kappa shape index (κ2) is 5.67. The smallest absolute Gasteiger partial charge is 0.311 e. The summed E-state index contributed by atoms with van der Waals surface area (Å²) in [4.78, 5) is 26.3. The maximum atomic E-state index is 11.6. The Kier molecular flexibility index (Phi) is 4.11. The Balaban J connectivity index is 2.32. The predicted octanol–water partition coefficient (Wildman–Crippen LogP) is 2.74. The normalized spacial score (nSPS) is 25.3. The number of rotatable bonds is 4. The van der Waals surface area contributed by atoms with E-state index in [-0.39, 0.29) is 17.5 Å². The number of hydrogen-bond acceptors (Lipinski definition) is 5. The number of aryl methyl sites for hydroxylation is 1. The Hall–Kier alpha value is -2.18. The fourth-order valence-corrected chi connectivity index (χ4v) is 2.79. The van der Waals surface area contributed by atoms with Gasteiger partial charge in [0.05, 0.1) is 10.3 Å².